The summed E-state index contributed by atoms with van der Waals surface area (Å²) >= 11 is 6.28. The van der Waals surface area contributed by atoms with Crippen LogP contribution >= 0.6 is 11.6 Å². The number of hydrogen-bond donors (Lipinski definition) is 2. The van der Waals surface area contributed by atoms with E-state index in [0.29, 0.717) is 41.0 Å². The summed E-state index contributed by atoms with van der Waals surface area (Å²) in [6, 6.07) is 6.83. The molecule has 33 heavy (non-hydrogen) atoms. The monoisotopic (exact) mass is 473 g/mol. The van der Waals surface area contributed by atoms with Gasteiger partial charge in [0.25, 0.3) is 0 Å². The molecule has 8 nitrogen and oxygen atoms in total. The molecule has 2 aliphatic rings. The second kappa shape index (κ2) is 10.0. The predicted molar refractivity (Wildman–Crippen MR) is 123 cm³/mol. The Balaban J connectivity index is 1.34. The SMILES string of the molecule is Fc1c(Nc2ncnc3ccc(O[C@H]4CCNC4)nc23)ccc(OCC2CCOCC2)c1Cl. The van der Waals surface area contributed by atoms with Crippen LogP contribution in [0.3, 0.4) is 0 Å². The van der Waals surface area contributed by atoms with E-state index in [-0.39, 0.29) is 16.8 Å². The number of pyridine rings is 1. The third kappa shape index (κ3) is 5.10. The van der Waals surface area contributed by atoms with Crippen LogP contribution in [0.4, 0.5) is 15.9 Å². The van der Waals surface area contributed by atoms with Gasteiger partial charge < -0.3 is 24.8 Å². The van der Waals surface area contributed by atoms with Crippen LogP contribution in [-0.4, -0.2) is 54.0 Å². The van der Waals surface area contributed by atoms with Crippen LogP contribution in [0, 0.1) is 11.7 Å². The number of nitrogens with zero attached hydrogens (tertiary/aromatic N) is 3. The zero-order chi connectivity index (χ0) is 22.6. The van der Waals surface area contributed by atoms with Crippen molar-refractivity contribution in [3.63, 3.8) is 0 Å². The number of benzene rings is 1. The lowest BCUT2D eigenvalue weighted by molar-refractivity contribution is 0.0497. The molecule has 2 N–H and O–H groups in total. The first-order valence-electron chi connectivity index (χ1n) is 11.1. The van der Waals surface area contributed by atoms with E-state index in [4.69, 9.17) is 25.8 Å². The molecular weight excluding hydrogens is 449 g/mol. The van der Waals surface area contributed by atoms with Gasteiger partial charge in [0, 0.05) is 25.8 Å². The Morgan fingerprint density at radius 1 is 1.15 bits per heavy atom. The minimum Gasteiger partial charge on any atom is -0.492 e. The summed E-state index contributed by atoms with van der Waals surface area (Å²) in [6.45, 7) is 3.63. The highest BCUT2D eigenvalue weighted by Gasteiger charge is 2.20. The lowest BCUT2D eigenvalue weighted by Crippen LogP contribution is -2.21. The molecule has 3 aromatic rings. The molecule has 0 unspecified atom stereocenters. The summed E-state index contributed by atoms with van der Waals surface area (Å²) in [5, 5.41) is 6.18. The van der Waals surface area contributed by atoms with Crippen LogP contribution in [-0.2, 0) is 4.74 Å². The second-order valence-electron chi connectivity index (χ2n) is 8.20. The van der Waals surface area contributed by atoms with Crippen molar-refractivity contribution in [1.82, 2.24) is 20.3 Å². The summed E-state index contributed by atoms with van der Waals surface area (Å²) < 4.78 is 32.2. The topological polar surface area (TPSA) is 90.4 Å². The predicted octanol–water partition coefficient (Wildman–Crippen LogP) is 4.11. The summed E-state index contributed by atoms with van der Waals surface area (Å²) in [5.74, 6) is 0.922. The number of hydrogen-bond acceptors (Lipinski definition) is 8. The Kier molecular flexibility index (Phi) is 6.70. The Morgan fingerprint density at radius 3 is 2.85 bits per heavy atom. The minimum absolute atomic E-state index is 0.0703. The first-order valence-corrected chi connectivity index (χ1v) is 11.5. The molecule has 1 aromatic carbocycles. The summed E-state index contributed by atoms with van der Waals surface area (Å²) in [5.41, 5.74) is 1.27. The molecule has 0 radical (unpaired) electrons. The first kappa shape index (κ1) is 22.1. The smallest absolute Gasteiger partial charge is 0.214 e. The number of halogens is 2. The molecular formula is C23H25ClFN5O3. The van der Waals surface area contributed by atoms with Gasteiger partial charge in [0.15, 0.2) is 11.6 Å². The molecule has 10 heteroatoms. The molecule has 1 atom stereocenters. The van der Waals surface area contributed by atoms with Gasteiger partial charge in [-0.05, 0) is 49.9 Å². The third-order valence-electron chi connectivity index (χ3n) is 5.87. The van der Waals surface area contributed by atoms with E-state index in [1.807, 2.05) is 6.07 Å². The van der Waals surface area contributed by atoms with Crippen LogP contribution in [0.2, 0.25) is 5.02 Å². The maximum absolute atomic E-state index is 15.1. The van der Waals surface area contributed by atoms with Crippen molar-refractivity contribution in [2.45, 2.75) is 25.4 Å². The van der Waals surface area contributed by atoms with Gasteiger partial charge >= 0.3 is 0 Å². The molecule has 2 aromatic heterocycles. The van der Waals surface area contributed by atoms with Crippen molar-refractivity contribution in [3.8, 4) is 11.6 Å². The van der Waals surface area contributed by atoms with Gasteiger partial charge in [0.2, 0.25) is 5.88 Å². The van der Waals surface area contributed by atoms with Crippen molar-refractivity contribution >= 4 is 34.1 Å². The van der Waals surface area contributed by atoms with E-state index >= 15 is 4.39 Å². The molecule has 0 spiro atoms. The van der Waals surface area contributed by atoms with Crippen molar-refractivity contribution < 1.29 is 18.6 Å². The molecule has 0 bridgehead atoms. The Hall–Kier alpha value is -2.75. The highest BCUT2D eigenvalue weighted by atomic mass is 35.5. The van der Waals surface area contributed by atoms with Gasteiger partial charge in [-0.25, -0.2) is 19.3 Å². The van der Waals surface area contributed by atoms with Crippen molar-refractivity contribution in [2.24, 2.45) is 5.92 Å². The van der Waals surface area contributed by atoms with Gasteiger partial charge in [-0.3, -0.25) is 0 Å². The Labute approximate surface area is 195 Å². The fraction of sp³-hybridized carbons (Fsp3) is 0.435. The van der Waals surface area contributed by atoms with Crippen LogP contribution in [0.1, 0.15) is 19.3 Å². The molecule has 0 aliphatic carbocycles. The zero-order valence-corrected chi connectivity index (χ0v) is 18.8. The lowest BCUT2D eigenvalue weighted by atomic mass is 10.0. The summed E-state index contributed by atoms with van der Waals surface area (Å²) in [6.07, 6.45) is 4.25. The van der Waals surface area contributed by atoms with Crippen LogP contribution in [0.5, 0.6) is 11.6 Å². The van der Waals surface area contributed by atoms with E-state index in [1.165, 1.54) is 6.33 Å². The van der Waals surface area contributed by atoms with E-state index < -0.39 is 5.82 Å². The fourth-order valence-corrected chi connectivity index (χ4v) is 4.19. The van der Waals surface area contributed by atoms with E-state index in [2.05, 4.69) is 25.6 Å². The molecule has 4 heterocycles. The van der Waals surface area contributed by atoms with E-state index in [1.54, 1.807) is 18.2 Å². The molecule has 174 valence electrons. The number of fused-ring (bicyclic) bond motifs is 1. The molecule has 2 saturated heterocycles. The normalized spacial score (nSPS) is 19.0. The summed E-state index contributed by atoms with van der Waals surface area (Å²) in [7, 11) is 0. The van der Waals surface area contributed by atoms with Gasteiger partial charge in [-0.1, -0.05) is 11.6 Å². The molecule has 2 fully saturated rings. The average Bonchev–Trinajstić information content (AvgIpc) is 3.35. The third-order valence-corrected chi connectivity index (χ3v) is 6.23. The van der Waals surface area contributed by atoms with Gasteiger partial charge in [-0.15, -0.1) is 0 Å². The van der Waals surface area contributed by atoms with E-state index in [9.17, 15) is 0 Å². The average molecular weight is 474 g/mol. The molecule has 2 aliphatic heterocycles. The highest BCUT2D eigenvalue weighted by Crippen LogP contribution is 2.35. The maximum Gasteiger partial charge on any atom is 0.214 e. The standard InChI is InChI=1S/C23H25ClFN5O3/c24-20-18(32-12-14-6-9-31-10-7-14)3-1-16(21(20)25)29-23-22-17(27-13-28-23)2-4-19(30-22)33-15-5-8-26-11-15/h1-4,13-15,26H,5-12H2,(H,27,28,29)/t15-/m0/s1. The van der Waals surface area contributed by atoms with Crippen LogP contribution in [0.15, 0.2) is 30.6 Å². The quantitative estimate of drug-likeness (QED) is 0.530. The Bertz CT molecular complexity index is 1120. The maximum atomic E-state index is 15.1. The second-order valence-corrected chi connectivity index (χ2v) is 8.58. The number of nitrogens with one attached hydrogen (secondary N) is 2. The minimum atomic E-state index is -0.614. The zero-order valence-electron chi connectivity index (χ0n) is 18.0. The van der Waals surface area contributed by atoms with Gasteiger partial charge in [0.05, 0.1) is 17.8 Å². The lowest BCUT2D eigenvalue weighted by Gasteiger charge is -2.22. The number of rotatable bonds is 7. The molecule has 5 rings (SSSR count). The molecule has 0 saturated carbocycles. The number of aromatic nitrogens is 3. The van der Waals surface area contributed by atoms with Gasteiger partial charge in [-0.2, -0.15) is 0 Å². The fourth-order valence-electron chi connectivity index (χ4n) is 3.97. The van der Waals surface area contributed by atoms with Crippen molar-refractivity contribution in [3.05, 3.63) is 41.4 Å². The first-order chi connectivity index (χ1) is 16.2. The highest BCUT2D eigenvalue weighted by molar-refractivity contribution is 6.32. The number of anilines is 2. The van der Waals surface area contributed by atoms with Crippen molar-refractivity contribution in [1.29, 1.82) is 0 Å². The Morgan fingerprint density at radius 2 is 2.03 bits per heavy atom. The largest absolute Gasteiger partial charge is 0.492 e. The van der Waals surface area contributed by atoms with Gasteiger partial charge in [0.1, 0.15) is 28.7 Å². The van der Waals surface area contributed by atoms with Crippen molar-refractivity contribution in [2.75, 3.05) is 38.2 Å². The van der Waals surface area contributed by atoms with Crippen LogP contribution < -0.4 is 20.1 Å². The van der Waals surface area contributed by atoms with E-state index in [0.717, 1.165) is 45.6 Å². The summed E-state index contributed by atoms with van der Waals surface area (Å²) in [4.78, 5) is 13.1. The van der Waals surface area contributed by atoms with Crippen LogP contribution in [0.25, 0.3) is 11.0 Å². The molecule has 0 amide bonds. The number of ether oxygens (including phenoxy) is 3.